The molecule has 0 rings (SSSR count). The maximum Gasteiger partial charge on any atom is 0.306 e. The van der Waals surface area contributed by atoms with Gasteiger partial charge >= 0.3 is 17.9 Å². The summed E-state index contributed by atoms with van der Waals surface area (Å²) in [6.45, 7) is 6.46. The number of carbonyl (C=O) groups is 3. The van der Waals surface area contributed by atoms with E-state index in [1.807, 2.05) is 0 Å². The number of esters is 3. The summed E-state index contributed by atoms with van der Waals surface area (Å²) in [5, 5.41) is 0. The van der Waals surface area contributed by atoms with Crippen LogP contribution in [0.15, 0.2) is 72.9 Å². The third-order valence-electron chi connectivity index (χ3n) is 11.7. The van der Waals surface area contributed by atoms with Crippen molar-refractivity contribution in [3.63, 3.8) is 0 Å². The second-order valence-corrected chi connectivity index (χ2v) is 18.1. The van der Waals surface area contributed by atoms with E-state index in [-0.39, 0.29) is 31.1 Å². The van der Waals surface area contributed by atoms with Gasteiger partial charge in [-0.2, -0.15) is 0 Å². The summed E-state index contributed by atoms with van der Waals surface area (Å²) in [6.07, 6.45) is 67.9. The van der Waals surface area contributed by atoms with Crippen LogP contribution in [0.2, 0.25) is 0 Å². The minimum Gasteiger partial charge on any atom is -0.462 e. The monoisotopic (exact) mass is 907 g/mol. The van der Waals surface area contributed by atoms with Crippen LogP contribution in [-0.2, 0) is 28.6 Å². The van der Waals surface area contributed by atoms with Gasteiger partial charge in [-0.3, -0.25) is 14.4 Å². The highest BCUT2D eigenvalue weighted by atomic mass is 16.6. The van der Waals surface area contributed by atoms with Crippen molar-refractivity contribution in [1.29, 1.82) is 0 Å². The zero-order chi connectivity index (χ0) is 47.2. The molecule has 0 heterocycles. The Hall–Kier alpha value is -3.15. The largest absolute Gasteiger partial charge is 0.462 e. The van der Waals surface area contributed by atoms with E-state index in [1.165, 1.54) is 128 Å². The molecule has 6 nitrogen and oxygen atoms in total. The molecular weight excluding hydrogens is 805 g/mol. The zero-order valence-electron chi connectivity index (χ0n) is 42.7. The number of allylic oxidation sites excluding steroid dienone is 12. The van der Waals surface area contributed by atoms with E-state index < -0.39 is 6.10 Å². The van der Waals surface area contributed by atoms with Gasteiger partial charge in [0.15, 0.2) is 6.10 Å². The Morgan fingerprint density at radius 2 is 0.600 bits per heavy atom. The standard InChI is InChI=1S/C59H102O6/c1-4-7-10-13-16-18-19-20-21-22-23-24-25-26-27-28-29-30-31-32-33-34-35-36-37-38-39-41-43-46-49-52-58(61)64-55-56(54-63-57(60)51-48-45-42-15-12-9-6-3)65-59(62)53-50-47-44-40-17-14-11-8-5-2/h7,10,16,18,20-21,23-24,26-27,29-30,56H,4-6,8-9,11-15,17,19,22,25,28,31-55H2,1-3H3/b10-7-,18-16-,21-20-,24-23-,27-26-,30-29-. The predicted molar refractivity (Wildman–Crippen MR) is 279 cm³/mol. The van der Waals surface area contributed by atoms with Crippen LogP contribution in [0.25, 0.3) is 0 Å². The van der Waals surface area contributed by atoms with Gasteiger partial charge in [0.05, 0.1) is 0 Å². The van der Waals surface area contributed by atoms with E-state index in [1.54, 1.807) is 0 Å². The van der Waals surface area contributed by atoms with Crippen molar-refractivity contribution >= 4 is 17.9 Å². The molecule has 0 aromatic carbocycles. The third kappa shape index (κ3) is 51.7. The lowest BCUT2D eigenvalue weighted by Crippen LogP contribution is -2.30. The van der Waals surface area contributed by atoms with Crippen molar-refractivity contribution in [1.82, 2.24) is 0 Å². The van der Waals surface area contributed by atoms with Crippen LogP contribution < -0.4 is 0 Å². The SMILES string of the molecule is CC/C=C\C/C=C\C/C=C\C/C=C\C/C=C\C/C=C\CCCCCCCCCCCCCCC(=O)OCC(COC(=O)CCCCCCCCC)OC(=O)CCCCCCCCCCC. The van der Waals surface area contributed by atoms with Gasteiger partial charge < -0.3 is 14.2 Å². The van der Waals surface area contributed by atoms with Gasteiger partial charge in [0.1, 0.15) is 13.2 Å². The second-order valence-electron chi connectivity index (χ2n) is 18.1. The number of unbranched alkanes of at least 4 members (excludes halogenated alkanes) is 26. The molecule has 0 N–H and O–H groups in total. The van der Waals surface area contributed by atoms with Crippen molar-refractivity contribution in [3.8, 4) is 0 Å². The maximum atomic E-state index is 12.7. The second kappa shape index (κ2) is 53.5. The maximum absolute atomic E-state index is 12.7. The van der Waals surface area contributed by atoms with Gasteiger partial charge in [-0.25, -0.2) is 0 Å². The lowest BCUT2D eigenvalue weighted by Gasteiger charge is -2.18. The van der Waals surface area contributed by atoms with Crippen molar-refractivity contribution in [2.75, 3.05) is 13.2 Å². The van der Waals surface area contributed by atoms with Gasteiger partial charge in [-0.05, 0) is 70.6 Å². The molecular formula is C59H102O6. The summed E-state index contributed by atoms with van der Waals surface area (Å²) in [7, 11) is 0. The molecule has 374 valence electrons. The molecule has 0 saturated heterocycles. The average Bonchev–Trinajstić information content (AvgIpc) is 3.30. The van der Waals surface area contributed by atoms with Crippen LogP contribution in [-0.4, -0.2) is 37.2 Å². The summed E-state index contributed by atoms with van der Waals surface area (Å²) >= 11 is 0. The Morgan fingerprint density at radius 1 is 0.323 bits per heavy atom. The van der Waals surface area contributed by atoms with Crippen LogP contribution in [0.4, 0.5) is 0 Å². The van der Waals surface area contributed by atoms with Crippen LogP contribution in [0.5, 0.6) is 0 Å². The Kier molecular flexibility index (Phi) is 50.9. The molecule has 0 aliphatic heterocycles. The fourth-order valence-corrected chi connectivity index (χ4v) is 7.62. The minimum absolute atomic E-state index is 0.0722. The Bertz CT molecular complexity index is 1230. The summed E-state index contributed by atoms with van der Waals surface area (Å²) in [4.78, 5) is 37.7. The number of rotatable bonds is 49. The van der Waals surface area contributed by atoms with Crippen molar-refractivity contribution in [3.05, 3.63) is 72.9 Å². The molecule has 65 heavy (non-hydrogen) atoms. The van der Waals surface area contributed by atoms with Gasteiger partial charge in [-0.15, -0.1) is 0 Å². The van der Waals surface area contributed by atoms with E-state index in [0.29, 0.717) is 19.3 Å². The van der Waals surface area contributed by atoms with Crippen LogP contribution >= 0.6 is 0 Å². The number of hydrogen-bond acceptors (Lipinski definition) is 6. The molecule has 0 fully saturated rings. The van der Waals surface area contributed by atoms with Gasteiger partial charge in [0.25, 0.3) is 0 Å². The molecule has 1 atom stereocenters. The molecule has 0 amide bonds. The first-order chi connectivity index (χ1) is 32.0. The number of hydrogen-bond donors (Lipinski definition) is 0. The molecule has 0 radical (unpaired) electrons. The predicted octanol–water partition coefficient (Wildman–Crippen LogP) is 18.2. The first-order valence-corrected chi connectivity index (χ1v) is 27.4. The van der Waals surface area contributed by atoms with Crippen LogP contribution in [0.1, 0.15) is 265 Å². The molecule has 0 aliphatic rings. The number of ether oxygens (including phenoxy) is 3. The topological polar surface area (TPSA) is 78.9 Å². The molecule has 1 unspecified atom stereocenters. The minimum atomic E-state index is -0.767. The van der Waals surface area contributed by atoms with Crippen LogP contribution in [0.3, 0.4) is 0 Å². The molecule has 0 bridgehead atoms. The van der Waals surface area contributed by atoms with Crippen molar-refractivity contribution in [2.45, 2.75) is 271 Å². The summed E-state index contributed by atoms with van der Waals surface area (Å²) < 4.78 is 16.7. The molecule has 6 heteroatoms. The fourth-order valence-electron chi connectivity index (χ4n) is 7.62. The normalized spacial score (nSPS) is 12.6. The quantitative estimate of drug-likeness (QED) is 0.0262. The molecule has 0 aliphatic carbocycles. The smallest absolute Gasteiger partial charge is 0.306 e. The van der Waals surface area contributed by atoms with Gasteiger partial charge in [0.2, 0.25) is 0 Å². The van der Waals surface area contributed by atoms with Crippen LogP contribution in [0, 0.1) is 0 Å². The highest BCUT2D eigenvalue weighted by Crippen LogP contribution is 2.15. The lowest BCUT2D eigenvalue weighted by molar-refractivity contribution is -0.167. The van der Waals surface area contributed by atoms with E-state index in [0.717, 1.165) is 96.3 Å². The molecule has 0 saturated carbocycles. The first-order valence-electron chi connectivity index (χ1n) is 27.4. The van der Waals surface area contributed by atoms with Gasteiger partial charge in [0, 0.05) is 19.3 Å². The summed E-state index contributed by atoms with van der Waals surface area (Å²) in [5.41, 5.74) is 0. The molecule has 0 aromatic rings. The average molecular weight is 907 g/mol. The number of carbonyl (C=O) groups excluding carboxylic acids is 3. The highest BCUT2D eigenvalue weighted by molar-refractivity contribution is 5.71. The summed E-state index contributed by atoms with van der Waals surface area (Å²) in [6, 6.07) is 0. The van der Waals surface area contributed by atoms with E-state index in [9.17, 15) is 14.4 Å². The fraction of sp³-hybridized carbons (Fsp3) is 0.746. The Balaban J connectivity index is 4.00. The van der Waals surface area contributed by atoms with Gasteiger partial charge in [-0.1, -0.05) is 248 Å². The molecule has 0 spiro atoms. The molecule has 0 aromatic heterocycles. The van der Waals surface area contributed by atoms with E-state index in [4.69, 9.17) is 14.2 Å². The van der Waals surface area contributed by atoms with E-state index in [2.05, 4.69) is 93.7 Å². The third-order valence-corrected chi connectivity index (χ3v) is 11.7. The van der Waals surface area contributed by atoms with E-state index >= 15 is 0 Å². The lowest BCUT2D eigenvalue weighted by atomic mass is 10.0. The Morgan fingerprint density at radius 3 is 0.938 bits per heavy atom. The Labute approximate surface area is 402 Å². The summed E-state index contributed by atoms with van der Waals surface area (Å²) in [5.74, 6) is -0.880. The van der Waals surface area contributed by atoms with Crippen molar-refractivity contribution in [2.24, 2.45) is 0 Å². The van der Waals surface area contributed by atoms with Crippen molar-refractivity contribution < 1.29 is 28.6 Å². The highest BCUT2D eigenvalue weighted by Gasteiger charge is 2.19. The first kappa shape index (κ1) is 61.9. The zero-order valence-corrected chi connectivity index (χ0v) is 42.7.